The summed E-state index contributed by atoms with van der Waals surface area (Å²) in [6.45, 7) is 0. The Balaban J connectivity index is 2.15. The van der Waals surface area contributed by atoms with Gasteiger partial charge in [0.2, 0.25) is 0 Å². The summed E-state index contributed by atoms with van der Waals surface area (Å²) in [7, 11) is -1.12. The summed E-state index contributed by atoms with van der Waals surface area (Å²) < 4.78 is 23.4. The first-order chi connectivity index (χ1) is 8.02. The third-order valence-electron chi connectivity index (χ3n) is 2.60. The molecule has 2 rings (SSSR count). The molecular formula is C9H13BrN4O2S. The largest absolute Gasteiger partial charge is 0.372 e. The summed E-state index contributed by atoms with van der Waals surface area (Å²) >= 11 is 3.38. The van der Waals surface area contributed by atoms with E-state index in [1.165, 1.54) is 6.33 Å². The van der Waals surface area contributed by atoms with Crippen LogP contribution >= 0.6 is 15.9 Å². The third kappa shape index (κ3) is 2.86. The summed E-state index contributed by atoms with van der Waals surface area (Å²) in [5, 5.41) is 6.04. The molecule has 17 heavy (non-hydrogen) atoms. The summed E-state index contributed by atoms with van der Waals surface area (Å²) in [5.74, 6) is 1.69. The molecule has 0 saturated carbocycles. The highest BCUT2D eigenvalue weighted by atomic mass is 79.9. The molecule has 8 heteroatoms. The Morgan fingerprint density at radius 1 is 1.41 bits per heavy atom. The van der Waals surface area contributed by atoms with Crippen LogP contribution < -0.4 is 10.6 Å². The van der Waals surface area contributed by atoms with E-state index in [2.05, 4.69) is 36.5 Å². The molecule has 94 valence electrons. The highest BCUT2D eigenvalue weighted by Gasteiger charge is 2.28. The van der Waals surface area contributed by atoms with E-state index in [1.54, 1.807) is 7.05 Å². The van der Waals surface area contributed by atoms with Crippen LogP contribution in [0.15, 0.2) is 10.8 Å². The summed E-state index contributed by atoms with van der Waals surface area (Å²) in [6.07, 6.45) is 2.05. The predicted molar refractivity (Wildman–Crippen MR) is 70.0 cm³/mol. The van der Waals surface area contributed by atoms with Crippen molar-refractivity contribution in [3.8, 4) is 0 Å². The van der Waals surface area contributed by atoms with Crippen LogP contribution in [0.5, 0.6) is 0 Å². The van der Waals surface area contributed by atoms with E-state index in [-0.39, 0.29) is 17.5 Å². The Morgan fingerprint density at radius 2 is 2.12 bits per heavy atom. The van der Waals surface area contributed by atoms with Gasteiger partial charge in [-0.25, -0.2) is 18.4 Å². The van der Waals surface area contributed by atoms with Crippen LogP contribution in [0.2, 0.25) is 0 Å². The van der Waals surface area contributed by atoms with Gasteiger partial charge in [0.1, 0.15) is 22.4 Å². The number of aromatic nitrogens is 2. The van der Waals surface area contributed by atoms with E-state index in [0.29, 0.717) is 22.5 Å². The topological polar surface area (TPSA) is 84.0 Å². The van der Waals surface area contributed by atoms with Gasteiger partial charge in [-0.1, -0.05) is 0 Å². The number of nitrogens with zero attached hydrogens (tertiary/aromatic N) is 2. The Morgan fingerprint density at radius 3 is 2.71 bits per heavy atom. The van der Waals surface area contributed by atoms with Crippen LogP contribution in [0.4, 0.5) is 11.6 Å². The molecule has 6 nitrogen and oxygen atoms in total. The Bertz CT molecular complexity index is 520. The van der Waals surface area contributed by atoms with Gasteiger partial charge in [0.25, 0.3) is 0 Å². The number of hydrogen-bond acceptors (Lipinski definition) is 6. The number of nitrogens with one attached hydrogen (secondary N) is 2. The number of sulfone groups is 1. The second kappa shape index (κ2) is 4.77. The number of halogens is 1. The minimum absolute atomic E-state index is 0.0732. The van der Waals surface area contributed by atoms with Crippen LogP contribution in [0, 0.1) is 0 Å². The molecule has 1 unspecified atom stereocenters. The van der Waals surface area contributed by atoms with Gasteiger partial charge in [-0.2, -0.15) is 0 Å². The second-order valence-electron chi connectivity index (χ2n) is 3.88. The van der Waals surface area contributed by atoms with Gasteiger partial charge in [0.15, 0.2) is 9.84 Å². The molecule has 1 aromatic rings. The number of rotatable bonds is 3. The van der Waals surface area contributed by atoms with Crippen LogP contribution in [0.1, 0.15) is 6.42 Å². The van der Waals surface area contributed by atoms with Crippen LogP contribution in [-0.2, 0) is 9.84 Å². The van der Waals surface area contributed by atoms with Crippen molar-refractivity contribution >= 4 is 37.4 Å². The molecule has 1 atom stereocenters. The second-order valence-corrected chi connectivity index (χ2v) is 6.90. The van der Waals surface area contributed by atoms with E-state index in [0.717, 1.165) is 0 Å². The van der Waals surface area contributed by atoms with Crippen molar-refractivity contribution in [3.63, 3.8) is 0 Å². The smallest absolute Gasteiger partial charge is 0.152 e. The Hall–Kier alpha value is -0.890. The number of hydrogen-bond donors (Lipinski definition) is 2. The van der Waals surface area contributed by atoms with Crippen LogP contribution in [0.25, 0.3) is 0 Å². The molecule has 1 saturated heterocycles. The molecule has 0 radical (unpaired) electrons. The van der Waals surface area contributed by atoms with Gasteiger partial charge in [-0.15, -0.1) is 0 Å². The molecule has 1 aliphatic rings. The molecule has 1 fully saturated rings. The molecule has 1 aliphatic heterocycles. The zero-order chi connectivity index (χ0) is 12.5. The SMILES string of the molecule is CNc1ncnc(NC2CCS(=O)(=O)C2)c1Br. The molecule has 0 aliphatic carbocycles. The highest BCUT2D eigenvalue weighted by Crippen LogP contribution is 2.27. The minimum atomic E-state index is -2.88. The Kier molecular flexibility index (Phi) is 3.53. The normalized spacial score (nSPS) is 22.4. The highest BCUT2D eigenvalue weighted by molar-refractivity contribution is 9.10. The fourth-order valence-corrected chi connectivity index (χ4v) is 3.94. The summed E-state index contributed by atoms with van der Waals surface area (Å²) in [4.78, 5) is 8.13. The van der Waals surface area contributed by atoms with E-state index in [9.17, 15) is 8.42 Å². The first-order valence-corrected chi connectivity index (χ1v) is 7.78. The lowest BCUT2D eigenvalue weighted by molar-refractivity contribution is 0.602. The van der Waals surface area contributed by atoms with Gasteiger partial charge in [0, 0.05) is 13.1 Å². The molecular weight excluding hydrogens is 308 g/mol. The van der Waals surface area contributed by atoms with Gasteiger partial charge < -0.3 is 10.6 Å². The van der Waals surface area contributed by atoms with Crippen molar-refractivity contribution in [2.45, 2.75) is 12.5 Å². The summed E-state index contributed by atoms with van der Waals surface area (Å²) in [5.41, 5.74) is 0. The molecule has 1 aromatic heterocycles. The van der Waals surface area contributed by atoms with Crippen molar-refractivity contribution in [3.05, 3.63) is 10.8 Å². The van der Waals surface area contributed by atoms with Crippen molar-refractivity contribution in [2.24, 2.45) is 0 Å². The van der Waals surface area contributed by atoms with Gasteiger partial charge in [-0.05, 0) is 22.4 Å². The average molecular weight is 321 g/mol. The van der Waals surface area contributed by atoms with E-state index in [4.69, 9.17) is 0 Å². The maximum absolute atomic E-state index is 11.3. The van der Waals surface area contributed by atoms with Crippen LogP contribution in [-0.4, -0.2) is 43.0 Å². The van der Waals surface area contributed by atoms with E-state index < -0.39 is 9.84 Å². The van der Waals surface area contributed by atoms with Crippen molar-refractivity contribution in [2.75, 3.05) is 29.2 Å². The first-order valence-electron chi connectivity index (χ1n) is 5.17. The van der Waals surface area contributed by atoms with Crippen molar-refractivity contribution in [1.29, 1.82) is 0 Å². The van der Waals surface area contributed by atoms with E-state index in [1.807, 2.05) is 0 Å². The maximum Gasteiger partial charge on any atom is 0.152 e. The van der Waals surface area contributed by atoms with Crippen molar-refractivity contribution < 1.29 is 8.42 Å². The zero-order valence-corrected chi connectivity index (χ0v) is 11.7. The quantitative estimate of drug-likeness (QED) is 0.860. The predicted octanol–water partition coefficient (Wildman–Crippen LogP) is 0.880. The van der Waals surface area contributed by atoms with E-state index >= 15 is 0 Å². The molecule has 2 heterocycles. The first kappa shape index (κ1) is 12.6. The Labute approximate surface area is 108 Å². The molecule has 2 N–H and O–H groups in total. The minimum Gasteiger partial charge on any atom is -0.372 e. The third-order valence-corrected chi connectivity index (χ3v) is 5.12. The van der Waals surface area contributed by atoms with Crippen LogP contribution in [0.3, 0.4) is 0 Å². The molecule has 0 bridgehead atoms. The molecule has 0 aromatic carbocycles. The number of anilines is 2. The average Bonchev–Trinajstić information content (AvgIpc) is 2.61. The lowest BCUT2D eigenvalue weighted by atomic mass is 10.2. The maximum atomic E-state index is 11.3. The fraction of sp³-hybridized carbons (Fsp3) is 0.556. The van der Waals surface area contributed by atoms with Gasteiger partial charge >= 0.3 is 0 Å². The zero-order valence-electron chi connectivity index (χ0n) is 9.27. The summed E-state index contributed by atoms with van der Waals surface area (Å²) in [6, 6.07) is -0.0732. The lowest BCUT2D eigenvalue weighted by Crippen LogP contribution is -2.21. The van der Waals surface area contributed by atoms with Gasteiger partial charge in [-0.3, -0.25) is 0 Å². The monoisotopic (exact) mass is 320 g/mol. The molecule has 0 amide bonds. The van der Waals surface area contributed by atoms with Crippen molar-refractivity contribution in [1.82, 2.24) is 9.97 Å². The fourth-order valence-electron chi connectivity index (χ4n) is 1.75. The lowest BCUT2D eigenvalue weighted by Gasteiger charge is -2.13. The van der Waals surface area contributed by atoms with Gasteiger partial charge in [0.05, 0.1) is 11.5 Å². The molecule has 0 spiro atoms. The standard InChI is InChI=1S/C9H13BrN4O2S/c1-11-8-7(10)9(13-5-12-8)14-6-2-3-17(15,16)4-6/h5-6H,2-4H2,1H3,(H2,11,12,13,14).